The highest BCUT2D eigenvalue weighted by Crippen LogP contribution is 2.29. The summed E-state index contributed by atoms with van der Waals surface area (Å²) >= 11 is 1.59. The second-order valence-electron chi connectivity index (χ2n) is 7.66. The number of amides is 2. The topological polar surface area (TPSA) is 60.5 Å². The minimum Gasteiger partial charge on any atom is -0.353 e. The second-order valence-corrected chi connectivity index (χ2v) is 8.47. The molecule has 4 rings (SSSR count). The van der Waals surface area contributed by atoms with Crippen LogP contribution >= 0.6 is 11.5 Å². The molecule has 30 heavy (non-hydrogen) atoms. The predicted octanol–water partition coefficient (Wildman–Crippen LogP) is 4.19. The van der Waals surface area contributed by atoms with E-state index in [4.69, 9.17) is 4.37 Å². The molecule has 0 unspecified atom stereocenters. The van der Waals surface area contributed by atoms with Gasteiger partial charge in [-0.1, -0.05) is 31.2 Å². The number of nitrogens with one attached hydrogen (secondary N) is 2. The number of aromatic nitrogens is 1. The van der Waals surface area contributed by atoms with Crippen LogP contribution in [0.3, 0.4) is 0 Å². The van der Waals surface area contributed by atoms with Crippen molar-refractivity contribution in [2.45, 2.75) is 19.8 Å². The van der Waals surface area contributed by atoms with E-state index < -0.39 is 0 Å². The Labute approximate surface area is 182 Å². The van der Waals surface area contributed by atoms with Crippen molar-refractivity contribution in [3.05, 3.63) is 54.1 Å². The monoisotopic (exact) mass is 423 g/mol. The molecular formula is C23H29N5OS. The number of rotatable bonds is 7. The molecule has 6 nitrogen and oxygen atoms in total. The van der Waals surface area contributed by atoms with Gasteiger partial charge in [0.2, 0.25) is 0 Å². The van der Waals surface area contributed by atoms with Gasteiger partial charge in [0.1, 0.15) is 5.82 Å². The number of hydrogen-bond donors (Lipinski definition) is 2. The quantitative estimate of drug-likeness (QED) is 0.598. The van der Waals surface area contributed by atoms with Crippen LogP contribution in [0.2, 0.25) is 0 Å². The van der Waals surface area contributed by atoms with Crippen molar-refractivity contribution in [2.75, 3.05) is 49.5 Å². The van der Waals surface area contributed by atoms with Crippen molar-refractivity contribution in [3.63, 3.8) is 0 Å². The van der Waals surface area contributed by atoms with Gasteiger partial charge >= 0.3 is 6.03 Å². The Balaban J connectivity index is 1.27. The first kappa shape index (κ1) is 20.6. The highest BCUT2D eigenvalue weighted by atomic mass is 32.1. The van der Waals surface area contributed by atoms with E-state index in [0.29, 0.717) is 6.54 Å². The molecule has 1 aromatic heterocycles. The van der Waals surface area contributed by atoms with Gasteiger partial charge in [0, 0.05) is 50.3 Å². The highest BCUT2D eigenvalue weighted by Gasteiger charge is 2.20. The van der Waals surface area contributed by atoms with Gasteiger partial charge in [-0.3, -0.25) is 4.90 Å². The number of anilines is 2. The van der Waals surface area contributed by atoms with Crippen LogP contribution in [0.5, 0.6) is 0 Å². The molecule has 0 atom stereocenters. The highest BCUT2D eigenvalue weighted by molar-refractivity contribution is 7.13. The first-order valence-electron chi connectivity index (χ1n) is 10.7. The van der Waals surface area contributed by atoms with E-state index in [0.717, 1.165) is 57.1 Å². The zero-order chi connectivity index (χ0) is 20.8. The fourth-order valence-corrected chi connectivity index (χ4v) is 4.59. The number of nitrogens with zero attached hydrogens (tertiary/aromatic N) is 3. The molecule has 0 radical (unpaired) electrons. The Morgan fingerprint density at radius 1 is 1.10 bits per heavy atom. The van der Waals surface area contributed by atoms with Gasteiger partial charge in [0.15, 0.2) is 0 Å². The van der Waals surface area contributed by atoms with Crippen LogP contribution in [0, 0.1) is 0 Å². The zero-order valence-corrected chi connectivity index (χ0v) is 18.3. The third-order valence-electron chi connectivity index (χ3n) is 5.47. The number of piperazine rings is 1. The molecule has 0 bridgehead atoms. The maximum Gasteiger partial charge on any atom is 0.319 e. The molecule has 1 saturated heterocycles. The maximum absolute atomic E-state index is 11.9. The summed E-state index contributed by atoms with van der Waals surface area (Å²) in [5, 5.41) is 7.03. The van der Waals surface area contributed by atoms with Crippen molar-refractivity contribution in [1.82, 2.24) is 14.6 Å². The van der Waals surface area contributed by atoms with Crippen LogP contribution in [0.15, 0.2) is 48.5 Å². The molecule has 1 aliphatic heterocycles. The van der Waals surface area contributed by atoms with Crippen LogP contribution in [0.1, 0.15) is 18.9 Å². The Kier molecular flexibility index (Phi) is 6.81. The Morgan fingerprint density at radius 2 is 1.93 bits per heavy atom. The number of fused-ring (bicyclic) bond motifs is 1. The normalized spacial score (nSPS) is 14.8. The summed E-state index contributed by atoms with van der Waals surface area (Å²) < 4.78 is 5.96. The smallest absolute Gasteiger partial charge is 0.319 e. The molecule has 2 heterocycles. The van der Waals surface area contributed by atoms with Crippen LogP contribution in [-0.2, 0) is 6.42 Å². The number of carbonyl (C=O) groups is 1. The second kappa shape index (κ2) is 9.91. The number of carbonyl (C=O) groups excluding carboxylic acids is 1. The summed E-state index contributed by atoms with van der Waals surface area (Å²) in [4.78, 5) is 16.8. The molecule has 2 N–H and O–H groups in total. The lowest BCUT2D eigenvalue weighted by atomic mass is 10.1. The van der Waals surface area contributed by atoms with Gasteiger partial charge in [-0.15, -0.1) is 0 Å². The minimum atomic E-state index is -0.139. The fraction of sp³-hybridized carbons (Fsp3) is 0.391. The molecule has 1 aliphatic rings. The van der Waals surface area contributed by atoms with Crippen molar-refractivity contribution in [1.29, 1.82) is 0 Å². The predicted molar refractivity (Wildman–Crippen MR) is 126 cm³/mol. The molecule has 0 saturated carbocycles. The van der Waals surface area contributed by atoms with E-state index in [2.05, 4.69) is 56.8 Å². The Hall–Kier alpha value is -2.64. The number of benzene rings is 2. The average Bonchev–Trinajstić information content (AvgIpc) is 3.21. The molecule has 7 heteroatoms. The molecular weight excluding hydrogens is 394 g/mol. The van der Waals surface area contributed by atoms with E-state index in [1.807, 2.05) is 19.1 Å². The van der Waals surface area contributed by atoms with Crippen molar-refractivity contribution in [2.24, 2.45) is 0 Å². The fourth-order valence-electron chi connectivity index (χ4n) is 3.79. The van der Waals surface area contributed by atoms with Crippen molar-refractivity contribution in [3.8, 4) is 0 Å². The summed E-state index contributed by atoms with van der Waals surface area (Å²) in [7, 11) is 0. The van der Waals surface area contributed by atoms with E-state index in [-0.39, 0.29) is 6.03 Å². The van der Waals surface area contributed by atoms with Crippen molar-refractivity contribution >= 4 is 39.2 Å². The molecule has 0 aliphatic carbocycles. The zero-order valence-electron chi connectivity index (χ0n) is 17.4. The number of urea groups is 1. The van der Waals surface area contributed by atoms with Crippen LogP contribution < -0.4 is 15.5 Å². The SMILES string of the molecule is CCCNC(=O)Nc1cccc(CCN2CCN(c3nsc4ccccc34)CC2)c1. The molecule has 1 fully saturated rings. The van der Waals surface area contributed by atoms with Gasteiger partial charge in [0.25, 0.3) is 0 Å². The third-order valence-corrected chi connectivity index (χ3v) is 6.28. The van der Waals surface area contributed by atoms with E-state index >= 15 is 0 Å². The van der Waals surface area contributed by atoms with E-state index in [1.54, 1.807) is 11.5 Å². The first-order chi connectivity index (χ1) is 14.7. The molecule has 0 spiro atoms. The summed E-state index contributed by atoms with van der Waals surface area (Å²) in [6, 6.07) is 16.5. The lowest BCUT2D eigenvalue weighted by molar-refractivity contribution is 0.252. The van der Waals surface area contributed by atoms with Crippen molar-refractivity contribution < 1.29 is 4.79 Å². The summed E-state index contributed by atoms with van der Waals surface area (Å²) in [6.07, 6.45) is 1.91. The van der Waals surface area contributed by atoms with Gasteiger partial charge in [0.05, 0.1) is 4.70 Å². The largest absolute Gasteiger partial charge is 0.353 e. The average molecular weight is 424 g/mol. The Morgan fingerprint density at radius 3 is 2.77 bits per heavy atom. The van der Waals surface area contributed by atoms with Gasteiger partial charge in [-0.05, 0) is 54.2 Å². The summed E-state index contributed by atoms with van der Waals surface area (Å²) in [5.41, 5.74) is 2.09. The lowest BCUT2D eigenvalue weighted by Crippen LogP contribution is -2.47. The minimum absolute atomic E-state index is 0.139. The molecule has 2 aromatic carbocycles. The number of hydrogen-bond acceptors (Lipinski definition) is 5. The standard InChI is InChI=1S/C23H29N5OS/c1-2-11-24-23(29)25-19-7-5-6-18(17-19)10-12-27-13-15-28(16-14-27)22-20-8-3-4-9-21(20)30-26-22/h3-9,17H,2,10-16H2,1H3,(H2,24,25,29). The molecule has 2 amide bonds. The van der Waals surface area contributed by atoms with Crippen LogP contribution in [0.25, 0.3) is 10.1 Å². The first-order valence-corrected chi connectivity index (χ1v) is 11.5. The molecule has 3 aromatic rings. The Bertz CT molecular complexity index is 980. The molecule has 158 valence electrons. The van der Waals surface area contributed by atoms with Crippen LogP contribution in [-0.4, -0.2) is 54.6 Å². The van der Waals surface area contributed by atoms with Gasteiger partial charge < -0.3 is 15.5 Å². The van der Waals surface area contributed by atoms with Gasteiger partial charge in [-0.2, -0.15) is 4.37 Å². The van der Waals surface area contributed by atoms with Gasteiger partial charge in [-0.25, -0.2) is 4.79 Å². The summed E-state index contributed by atoms with van der Waals surface area (Å²) in [5.74, 6) is 1.13. The van der Waals surface area contributed by atoms with Crippen LogP contribution in [0.4, 0.5) is 16.3 Å². The lowest BCUT2D eigenvalue weighted by Gasteiger charge is -2.35. The summed E-state index contributed by atoms with van der Waals surface area (Å²) in [6.45, 7) is 7.86. The maximum atomic E-state index is 11.9. The van der Waals surface area contributed by atoms with E-state index in [9.17, 15) is 4.79 Å². The van der Waals surface area contributed by atoms with E-state index in [1.165, 1.54) is 15.6 Å². The third kappa shape index (κ3) is 5.09.